The Hall–Kier alpha value is -1.54. The number of thioether (sulfide) groups is 1. The molecule has 0 atom stereocenters. The van der Waals surface area contributed by atoms with Gasteiger partial charge in [0, 0.05) is 5.56 Å². The lowest BCUT2D eigenvalue weighted by atomic mass is 9.97. The van der Waals surface area contributed by atoms with Crippen LogP contribution in [0.15, 0.2) is 42.5 Å². The lowest BCUT2D eigenvalue weighted by Gasteiger charge is -2.09. The molecule has 0 spiro atoms. The standard InChI is InChI=1S/C16H16OS/c1-11-8-12(2)10-13(9-11)14-6-4-5-7-15(14)16(17)18-3/h4-10H,1-3H3. The minimum atomic E-state index is 0.116. The molecule has 2 aromatic rings. The van der Waals surface area contributed by atoms with E-state index < -0.39 is 0 Å². The van der Waals surface area contributed by atoms with Gasteiger partial charge in [0.1, 0.15) is 0 Å². The third kappa shape index (κ3) is 2.65. The van der Waals surface area contributed by atoms with Crippen LogP contribution in [-0.2, 0) is 0 Å². The summed E-state index contributed by atoms with van der Waals surface area (Å²) in [7, 11) is 0. The van der Waals surface area contributed by atoms with E-state index in [0.29, 0.717) is 0 Å². The molecule has 0 unspecified atom stereocenters. The van der Waals surface area contributed by atoms with Gasteiger partial charge in [-0.2, -0.15) is 0 Å². The van der Waals surface area contributed by atoms with Crippen molar-refractivity contribution in [2.45, 2.75) is 13.8 Å². The molecule has 0 saturated carbocycles. The highest BCUT2D eigenvalue weighted by Gasteiger charge is 2.11. The highest BCUT2D eigenvalue weighted by atomic mass is 32.2. The van der Waals surface area contributed by atoms with Crippen molar-refractivity contribution in [3.05, 3.63) is 59.2 Å². The predicted molar refractivity (Wildman–Crippen MR) is 79.2 cm³/mol. The summed E-state index contributed by atoms with van der Waals surface area (Å²) in [5.41, 5.74) is 5.36. The van der Waals surface area contributed by atoms with Gasteiger partial charge in [-0.15, -0.1) is 0 Å². The molecule has 18 heavy (non-hydrogen) atoms. The Kier molecular flexibility index (Phi) is 3.87. The van der Waals surface area contributed by atoms with Crippen LogP contribution in [0.2, 0.25) is 0 Å². The van der Waals surface area contributed by atoms with Gasteiger partial charge in [-0.25, -0.2) is 0 Å². The third-order valence-corrected chi connectivity index (χ3v) is 3.46. The van der Waals surface area contributed by atoms with Crippen molar-refractivity contribution >= 4 is 16.9 Å². The van der Waals surface area contributed by atoms with Gasteiger partial charge >= 0.3 is 0 Å². The fourth-order valence-electron chi connectivity index (χ4n) is 2.15. The number of rotatable bonds is 2. The largest absolute Gasteiger partial charge is 0.282 e. The van der Waals surface area contributed by atoms with Gasteiger partial charge in [-0.05, 0) is 37.3 Å². The zero-order valence-electron chi connectivity index (χ0n) is 10.9. The molecule has 0 aromatic heterocycles. The molecule has 0 saturated heterocycles. The smallest absolute Gasteiger partial charge is 0.219 e. The molecule has 2 aromatic carbocycles. The molecular formula is C16H16OS. The van der Waals surface area contributed by atoms with E-state index in [0.717, 1.165) is 16.7 Å². The molecule has 0 N–H and O–H groups in total. The van der Waals surface area contributed by atoms with Crippen molar-refractivity contribution in [1.82, 2.24) is 0 Å². The lowest BCUT2D eigenvalue weighted by Crippen LogP contribution is -1.96. The Morgan fingerprint density at radius 1 is 1.00 bits per heavy atom. The van der Waals surface area contributed by atoms with Crippen LogP contribution < -0.4 is 0 Å². The second-order valence-electron chi connectivity index (χ2n) is 4.41. The van der Waals surface area contributed by atoms with Gasteiger partial charge in [-0.1, -0.05) is 59.3 Å². The van der Waals surface area contributed by atoms with Gasteiger partial charge in [0.15, 0.2) is 0 Å². The van der Waals surface area contributed by atoms with E-state index in [1.54, 1.807) is 0 Å². The lowest BCUT2D eigenvalue weighted by molar-refractivity contribution is 0.109. The van der Waals surface area contributed by atoms with Crippen molar-refractivity contribution in [2.24, 2.45) is 0 Å². The van der Waals surface area contributed by atoms with Crippen molar-refractivity contribution in [1.29, 1.82) is 0 Å². The molecule has 0 aliphatic heterocycles. The second-order valence-corrected chi connectivity index (χ2v) is 5.19. The molecule has 0 fully saturated rings. The van der Waals surface area contributed by atoms with E-state index in [1.165, 1.54) is 22.9 Å². The fourth-order valence-corrected chi connectivity index (χ4v) is 2.55. The first-order valence-corrected chi connectivity index (χ1v) is 7.10. The molecular weight excluding hydrogens is 240 g/mol. The average Bonchev–Trinajstić information content (AvgIpc) is 2.36. The zero-order valence-corrected chi connectivity index (χ0v) is 11.7. The SMILES string of the molecule is CSC(=O)c1ccccc1-c1cc(C)cc(C)c1. The van der Waals surface area contributed by atoms with E-state index in [4.69, 9.17) is 0 Å². The third-order valence-electron chi connectivity index (χ3n) is 2.87. The van der Waals surface area contributed by atoms with Gasteiger partial charge in [0.2, 0.25) is 5.12 Å². The Bertz CT molecular complexity index is 567. The number of carbonyl (C=O) groups excluding carboxylic acids is 1. The molecule has 0 radical (unpaired) electrons. The van der Waals surface area contributed by atoms with Crippen molar-refractivity contribution in [2.75, 3.05) is 6.26 Å². The molecule has 0 aliphatic carbocycles. The Balaban J connectivity index is 2.60. The zero-order chi connectivity index (χ0) is 13.1. The van der Waals surface area contributed by atoms with Gasteiger partial charge in [0.25, 0.3) is 0 Å². The number of carbonyl (C=O) groups is 1. The van der Waals surface area contributed by atoms with Crippen molar-refractivity contribution < 1.29 is 4.79 Å². The minimum absolute atomic E-state index is 0.116. The quantitative estimate of drug-likeness (QED) is 0.788. The molecule has 0 heterocycles. The summed E-state index contributed by atoms with van der Waals surface area (Å²) in [6.07, 6.45) is 1.82. The maximum atomic E-state index is 11.9. The fraction of sp³-hybridized carbons (Fsp3) is 0.188. The van der Waals surface area contributed by atoms with Crippen LogP contribution in [0.5, 0.6) is 0 Å². The summed E-state index contributed by atoms with van der Waals surface area (Å²) in [6.45, 7) is 4.16. The van der Waals surface area contributed by atoms with Crippen LogP contribution in [0.25, 0.3) is 11.1 Å². The summed E-state index contributed by atoms with van der Waals surface area (Å²) in [5.74, 6) is 0. The molecule has 0 bridgehead atoms. The summed E-state index contributed by atoms with van der Waals surface area (Å²) >= 11 is 1.26. The topological polar surface area (TPSA) is 17.1 Å². The Morgan fingerprint density at radius 3 is 2.22 bits per heavy atom. The highest BCUT2D eigenvalue weighted by Crippen LogP contribution is 2.27. The monoisotopic (exact) mass is 256 g/mol. The molecule has 0 amide bonds. The molecule has 0 aliphatic rings. The molecule has 2 rings (SSSR count). The molecule has 1 nitrogen and oxygen atoms in total. The van der Waals surface area contributed by atoms with E-state index >= 15 is 0 Å². The summed E-state index contributed by atoms with van der Waals surface area (Å²) in [4.78, 5) is 11.9. The first-order chi connectivity index (χ1) is 8.61. The summed E-state index contributed by atoms with van der Waals surface area (Å²) in [6, 6.07) is 14.2. The summed E-state index contributed by atoms with van der Waals surface area (Å²) in [5, 5.41) is 0.116. The molecule has 92 valence electrons. The van der Waals surface area contributed by atoms with Crippen LogP contribution in [0.4, 0.5) is 0 Å². The van der Waals surface area contributed by atoms with Gasteiger partial charge in [-0.3, -0.25) is 4.79 Å². The number of hydrogen-bond donors (Lipinski definition) is 0. The van der Waals surface area contributed by atoms with Crippen molar-refractivity contribution in [3.63, 3.8) is 0 Å². The number of hydrogen-bond acceptors (Lipinski definition) is 2. The van der Waals surface area contributed by atoms with E-state index in [2.05, 4.69) is 32.0 Å². The van der Waals surface area contributed by atoms with Crippen molar-refractivity contribution in [3.8, 4) is 11.1 Å². The van der Waals surface area contributed by atoms with Crippen LogP contribution in [-0.4, -0.2) is 11.4 Å². The van der Waals surface area contributed by atoms with Crippen LogP contribution >= 0.6 is 11.8 Å². The van der Waals surface area contributed by atoms with E-state index in [-0.39, 0.29) is 5.12 Å². The Labute approximate surface area is 112 Å². The first-order valence-electron chi connectivity index (χ1n) is 5.88. The molecule has 2 heteroatoms. The maximum absolute atomic E-state index is 11.9. The van der Waals surface area contributed by atoms with Gasteiger partial charge in [0.05, 0.1) is 0 Å². The number of benzene rings is 2. The summed E-state index contributed by atoms with van der Waals surface area (Å²) < 4.78 is 0. The number of aryl methyl sites for hydroxylation is 2. The minimum Gasteiger partial charge on any atom is -0.282 e. The van der Waals surface area contributed by atoms with Crippen LogP contribution in [0.1, 0.15) is 21.5 Å². The average molecular weight is 256 g/mol. The highest BCUT2D eigenvalue weighted by molar-refractivity contribution is 8.13. The predicted octanol–water partition coefficient (Wildman–Crippen LogP) is 4.47. The van der Waals surface area contributed by atoms with Crippen LogP contribution in [0, 0.1) is 13.8 Å². The maximum Gasteiger partial charge on any atom is 0.219 e. The van der Waals surface area contributed by atoms with E-state index in [1.807, 2.05) is 30.5 Å². The second kappa shape index (κ2) is 5.40. The Morgan fingerprint density at radius 2 is 1.61 bits per heavy atom. The normalized spacial score (nSPS) is 10.4. The van der Waals surface area contributed by atoms with Gasteiger partial charge < -0.3 is 0 Å². The van der Waals surface area contributed by atoms with Crippen LogP contribution in [0.3, 0.4) is 0 Å². The first kappa shape index (κ1) is 12.9. The van der Waals surface area contributed by atoms with E-state index in [9.17, 15) is 4.79 Å².